The minimum Gasteiger partial charge on any atom is -0.452 e. The number of hydrogen-bond acceptors (Lipinski definition) is 6. The largest absolute Gasteiger partial charge is 0.452 e. The number of anilines is 2. The van der Waals surface area contributed by atoms with Crippen molar-refractivity contribution in [2.75, 3.05) is 29.9 Å². The van der Waals surface area contributed by atoms with Crippen LogP contribution in [0, 0.1) is 24.0 Å². The second kappa shape index (κ2) is 8.72. The molecule has 8 heteroatoms. The van der Waals surface area contributed by atoms with Crippen LogP contribution in [0.15, 0.2) is 36.4 Å². The number of carbonyl (C=O) groups excluding carboxylic acids is 2. The molecule has 0 bridgehead atoms. The minimum absolute atomic E-state index is 0.0978. The molecule has 152 valence electrons. The number of amides is 1. The van der Waals surface area contributed by atoms with Crippen molar-refractivity contribution < 1.29 is 19.2 Å². The average Bonchev–Trinajstić information content (AvgIpc) is 3.23. The summed E-state index contributed by atoms with van der Waals surface area (Å²) >= 11 is 0. The van der Waals surface area contributed by atoms with Crippen LogP contribution >= 0.6 is 0 Å². The first kappa shape index (κ1) is 20.3. The zero-order valence-electron chi connectivity index (χ0n) is 16.4. The van der Waals surface area contributed by atoms with Crippen LogP contribution in [-0.4, -0.2) is 36.5 Å². The van der Waals surface area contributed by atoms with Crippen LogP contribution in [0.5, 0.6) is 0 Å². The third-order valence-corrected chi connectivity index (χ3v) is 4.86. The van der Waals surface area contributed by atoms with E-state index in [0.29, 0.717) is 11.4 Å². The molecule has 1 saturated heterocycles. The Kier molecular flexibility index (Phi) is 6.11. The summed E-state index contributed by atoms with van der Waals surface area (Å²) in [5.41, 5.74) is 3.03. The number of nitro benzene ring substituents is 1. The number of non-ortho nitro benzene ring substituents is 1. The summed E-state index contributed by atoms with van der Waals surface area (Å²) in [6.07, 6.45) is 1.98. The smallest absolute Gasteiger partial charge is 0.341 e. The lowest BCUT2D eigenvalue weighted by molar-refractivity contribution is -0.384. The van der Waals surface area contributed by atoms with E-state index >= 15 is 0 Å². The predicted octanol–water partition coefficient (Wildman–Crippen LogP) is 3.61. The molecule has 2 aromatic rings. The van der Waals surface area contributed by atoms with E-state index in [9.17, 15) is 19.7 Å². The van der Waals surface area contributed by atoms with E-state index in [-0.39, 0.29) is 11.3 Å². The molecule has 0 aliphatic carbocycles. The van der Waals surface area contributed by atoms with Gasteiger partial charge in [0, 0.05) is 30.9 Å². The van der Waals surface area contributed by atoms with Gasteiger partial charge in [0.05, 0.1) is 16.2 Å². The van der Waals surface area contributed by atoms with Crippen molar-refractivity contribution in [1.29, 1.82) is 0 Å². The number of benzene rings is 2. The minimum atomic E-state index is -0.758. The fourth-order valence-electron chi connectivity index (χ4n) is 3.30. The Morgan fingerprint density at radius 1 is 1.14 bits per heavy atom. The van der Waals surface area contributed by atoms with Crippen LogP contribution in [0.25, 0.3) is 0 Å². The highest BCUT2D eigenvalue weighted by Gasteiger charge is 2.24. The summed E-state index contributed by atoms with van der Waals surface area (Å²) in [5.74, 6) is -1.23. The van der Waals surface area contributed by atoms with E-state index in [1.54, 1.807) is 6.07 Å². The molecular weight excluding hydrogens is 374 g/mol. The Hall–Kier alpha value is -3.42. The molecule has 0 unspecified atom stereocenters. The van der Waals surface area contributed by atoms with E-state index in [4.69, 9.17) is 4.74 Å². The van der Waals surface area contributed by atoms with Crippen LogP contribution in [0.1, 0.15) is 34.3 Å². The molecular formula is C21H23N3O5. The number of ether oxygens (including phenoxy) is 1. The topological polar surface area (TPSA) is 102 Å². The number of carbonyl (C=O) groups is 2. The molecule has 0 atom stereocenters. The summed E-state index contributed by atoms with van der Waals surface area (Å²) in [5, 5.41) is 13.8. The van der Waals surface area contributed by atoms with Gasteiger partial charge in [0.25, 0.3) is 11.6 Å². The third-order valence-electron chi connectivity index (χ3n) is 4.86. The van der Waals surface area contributed by atoms with Gasteiger partial charge in [0.15, 0.2) is 6.61 Å². The second-order valence-corrected chi connectivity index (χ2v) is 7.10. The van der Waals surface area contributed by atoms with Gasteiger partial charge < -0.3 is 15.0 Å². The quantitative estimate of drug-likeness (QED) is 0.454. The first-order valence-corrected chi connectivity index (χ1v) is 9.43. The second-order valence-electron chi connectivity index (χ2n) is 7.10. The summed E-state index contributed by atoms with van der Waals surface area (Å²) in [7, 11) is 0. The van der Waals surface area contributed by atoms with E-state index in [1.807, 2.05) is 36.9 Å². The Morgan fingerprint density at radius 3 is 2.55 bits per heavy atom. The molecule has 1 fully saturated rings. The van der Waals surface area contributed by atoms with Crippen LogP contribution in [0.4, 0.5) is 17.1 Å². The van der Waals surface area contributed by atoms with Gasteiger partial charge in [0.1, 0.15) is 0 Å². The lowest BCUT2D eigenvalue weighted by Crippen LogP contribution is -2.24. The monoisotopic (exact) mass is 397 g/mol. The van der Waals surface area contributed by atoms with Crippen molar-refractivity contribution in [2.24, 2.45) is 0 Å². The SMILES string of the molecule is Cc1ccc(C)c(NC(=O)COC(=O)c2cc([N+](=O)[O-])ccc2N2CCCC2)c1. The van der Waals surface area contributed by atoms with E-state index in [1.165, 1.54) is 12.1 Å². The maximum absolute atomic E-state index is 12.6. The Balaban J connectivity index is 1.72. The van der Waals surface area contributed by atoms with Crippen molar-refractivity contribution in [2.45, 2.75) is 26.7 Å². The summed E-state index contributed by atoms with van der Waals surface area (Å²) in [6, 6.07) is 9.81. The molecule has 0 spiro atoms. The molecule has 1 amide bonds. The first-order valence-electron chi connectivity index (χ1n) is 9.43. The van der Waals surface area contributed by atoms with Crippen molar-refractivity contribution in [3.63, 3.8) is 0 Å². The van der Waals surface area contributed by atoms with Gasteiger partial charge in [0.2, 0.25) is 0 Å². The van der Waals surface area contributed by atoms with Gasteiger partial charge in [-0.05, 0) is 49.9 Å². The number of nitrogens with zero attached hydrogens (tertiary/aromatic N) is 2. The molecule has 1 heterocycles. The number of hydrogen-bond donors (Lipinski definition) is 1. The van der Waals surface area contributed by atoms with Crippen LogP contribution in [0.3, 0.4) is 0 Å². The summed E-state index contributed by atoms with van der Waals surface area (Å²) < 4.78 is 5.17. The number of rotatable bonds is 6. The first-order chi connectivity index (χ1) is 13.8. The highest BCUT2D eigenvalue weighted by molar-refractivity contribution is 5.99. The maximum Gasteiger partial charge on any atom is 0.341 e. The van der Waals surface area contributed by atoms with Crippen molar-refractivity contribution in [1.82, 2.24) is 0 Å². The van der Waals surface area contributed by atoms with E-state index < -0.39 is 23.4 Å². The maximum atomic E-state index is 12.6. The standard InChI is InChI=1S/C21H23N3O5/c1-14-5-6-15(2)18(11-14)22-20(25)13-29-21(26)17-12-16(24(27)28)7-8-19(17)23-9-3-4-10-23/h5-8,11-12H,3-4,9-10,13H2,1-2H3,(H,22,25). The van der Waals surface area contributed by atoms with Gasteiger partial charge in [-0.15, -0.1) is 0 Å². The predicted molar refractivity (Wildman–Crippen MR) is 109 cm³/mol. The average molecular weight is 397 g/mol. The lowest BCUT2D eigenvalue weighted by atomic mass is 10.1. The fourth-order valence-corrected chi connectivity index (χ4v) is 3.30. The fraction of sp³-hybridized carbons (Fsp3) is 0.333. The molecule has 0 radical (unpaired) electrons. The Labute approximate surface area is 168 Å². The molecule has 1 aliphatic heterocycles. The summed E-state index contributed by atoms with van der Waals surface area (Å²) in [4.78, 5) is 37.4. The molecule has 0 saturated carbocycles. The van der Waals surface area contributed by atoms with Crippen molar-refractivity contribution >= 4 is 28.9 Å². The van der Waals surface area contributed by atoms with Crippen molar-refractivity contribution in [3.05, 3.63) is 63.2 Å². The molecule has 0 aromatic heterocycles. The Bertz CT molecular complexity index is 951. The van der Waals surface area contributed by atoms with E-state index in [0.717, 1.165) is 37.1 Å². The number of aryl methyl sites for hydroxylation is 2. The molecule has 8 nitrogen and oxygen atoms in total. The Morgan fingerprint density at radius 2 is 1.86 bits per heavy atom. The van der Waals surface area contributed by atoms with Gasteiger partial charge in [-0.1, -0.05) is 12.1 Å². The van der Waals surface area contributed by atoms with E-state index in [2.05, 4.69) is 5.32 Å². The molecule has 1 N–H and O–H groups in total. The number of nitrogens with one attached hydrogen (secondary N) is 1. The van der Waals surface area contributed by atoms with Gasteiger partial charge in [-0.25, -0.2) is 4.79 Å². The van der Waals surface area contributed by atoms with Gasteiger partial charge >= 0.3 is 5.97 Å². The normalized spacial score (nSPS) is 13.2. The third kappa shape index (κ3) is 4.90. The van der Waals surface area contributed by atoms with Gasteiger partial charge in [-0.3, -0.25) is 14.9 Å². The number of nitro groups is 1. The lowest BCUT2D eigenvalue weighted by Gasteiger charge is -2.20. The van der Waals surface area contributed by atoms with Crippen molar-refractivity contribution in [3.8, 4) is 0 Å². The summed E-state index contributed by atoms with van der Waals surface area (Å²) in [6.45, 7) is 4.84. The van der Waals surface area contributed by atoms with Crippen LogP contribution in [0.2, 0.25) is 0 Å². The molecule has 29 heavy (non-hydrogen) atoms. The molecule has 2 aromatic carbocycles. The zero-order valence-corrected chi connectivity index (χ0v) is 16.4. The zero-order chi connectivity index (χ0) is 21.0. The number of esters is 1. The highest BCUT2D eigenvalue weighted by atomic mass is 16.6. The highest BCUT2D eigenvalue weighted by Crippen LogP contribution is 2.29. The van der Waals surface area contributed by atoms with Crippen LogP contribution in [-0.2, 0) is 9.53 Å². The molecule has 3 rings (SSSR count). The molecule has 1 aliphatic rings. The van der Waals surface area contributed by atoms with Crippen LogP contribution < -0.4 is 10.2 Å². The van der Waals surface area contributed by atoms with Gasteiger partial charge in [-0.2, -0.15) is 0 Å².